The lowest BCUT2D eigenvalue weighted by molar-refractivity contribution is 0.0144. The molecule has 0 saturated carbocycles. The first-order chi connectivity index (χ1) is 28.1. The molecule has 0 spiro atoms. The van der Waals surface area contributed by atoms with Gasteiger partial charge in [-0.15, -0.1) is 0 Å². The molecule has 2 aromatic carbocycles. The summed E-state index contributed by atoms with van der Waals surface area (Å²) in [6.07, 6.45) is 4.05. The van der Waals surface area contributed by atoms with Gasteiger partial charge in [-0.2, -0.15) is 15.5 Å². The number of Topliss-reactive ketones (excluding diaryl/α,β-unsaturated/α-hetero) is 2. The molecule has 0 atom stereocenters. The highest BCUT2D eigenvalue weighted by molar-refractivity contribution is 6.01. The van der Waals surface area contributed by atoms with Crippen LogP contribution in [0.3, 0.4) is 0 Å². The maximum atomic E-state index is 13.9. The number of ether oxygens (including phenoxy) is 3. The van der Waals surface area contributed by atoms with Crippen LogP contribution in [0.1, 0.15) is 113 Å². The van der Waals surface area contributed by atoms with Gasteiger partial charge in [-0.25, -0.2) is 13.8 Å². The minimum Gasteiger partial charge on any atom is -0.384 e. The van der Waals surface area contributed by atoms with Crippen molar-refractivity contribution in [1.29, 1.82) is 5.26 Å². The molecule has 2 heterocycles. The van der Waals surface area contributed by atoms with Crippen LogP contribution in [0.2, 0.25) is 0 Å². The normalized spacial score (nSPS) is 15.2. The molecule has 14 nitrogen and oxygen atoms in total. The third-order valence-electron chi connectivity index (χ3n) is 10.3. The lowest BCUT2D eigenvalue weighted by Crippen LogP contribution is -2.28. The van der Waals surface area contributed by atoms with E-state index >= 15 is 0 Å². The lowest BCUT2D eigenvalue weighted by atomic mass is 9.75. The monoisotopic (exact) mass is 812 g/mol. The fourth-order valence-corrected chi connectivity index (χ4v) is 7.58. The SMILES string of the molecule is Cc1nn(-c2ccc(C#N)c(F)c2)c2c1C(=O)CC(C)(C)C2.Cc1nn(-c2ccc(C(N)=O)c(NCCCOCCOCCOCCCN)c2)c2c1C(=O)CC(C)(C)C2. The van der Waals surface area contributed by atoms with E-state index in [0.29, 0.717) is 106 Å². The number of benzene rings is 2. The van der Waals surface area contributed by atoms with Crippen LogP contribution < -0.4 is 16.8 Å². The van der Waals surface area contributed by atoms with E-state index in [2.05, 4.69) is 29.4 Å². The summed E-state index contributed by atoms with van der Waals surface area (Å²) in [5.41, 5.74) is 17.6. The number of nitriles is 1. The van der Waals surface area contributed by atoms with Gasteiger partial charge < -0.3 is 31.0 Å². The number of rotatable bonds is 17. The molecule has 6 rings (SSSR count). The molecule has 5 N–H and O–H groups in total. The number of fused-ring (bicyclic) bond motifs is 2. The second-order valence-corrected chi connectivity index (χ2v) is 16.6. The van der Waals surface area contributed by atoms with Gasteiger partial charge in [-0.1, -0.05) is 27.7 Å². The van der Waals surface area contributed by atoms with Crippen LogP contribution in [0.25, 0.3) is 11.4 Å². The molecular weight excluding hydrogens is 756 g/mol. The standard InChI is InChI=1S/C27H41N5O5.C17H16FN3O/c1-19-25-23(17-27(2,3)18-24(25)33)32(31-19)20-6-7-21(26(29)34)22(16-20)30-9-5-11-36-13-15-37-14-12-35-10-4-8-28;1-10-16-14(7-17(2,3)8-15(16)22)21(20-10)12-5-4-11(9-19)13(18)6-12/h6-7,16,30H,4-5,8-15,17-18,28H2,1-3H3,(H2,29,34);4-6H,7-8H2,1-3H3. The third-order valence-corrected chi connectivity index (χ3v) is 10.3. The molecule has 4 aromatic rings. The number of nitrogens with one attached hydrogen (secondary N) is 1. The third kappa shape index (κ3) is 11.3. The molecule has 0 saturated heterocycles. The van der Waals surface area contributed by atoms with Crippen molar-refractivity contribution in [2.75, 3.05) is 58.0 Å². The summed E-state index contributed by atoms with van der Waals surface area (Å²) in [6, 6.07) is 11.6. The first-order valence-electron chi connectivity index (χ1n) is 20.1. The molecule has 15 heteroatoms. The van der Waals surface area contributed by atoms with Gasteiger partial charge in [0.2, 0.25) is 0 Å². The Morgan fingerprint density at radius 2 is 1.29 bits per heavy atom. The van der Waals surface area contributed by atoms with Crippen molar-refractivity contribution in [2.45, 2.75) is 80.1 Å². The van der Waals surface area contributed by atoms with E-state index in [1.807, 2.05) is 37.6 Å². The number of carbonyl (C=O) groups is 3. The quantitative estimate of drug-likeness (QED) is 0.106. The van der Waals surface area contributed by atoms with Crippen LogP contribution >= 0.6 is 0 Å². The number of carbonyl (C=O) groups excluding carboxylic acids is 3. The van der Waals surface area contributed by atoms with Gasteiger partial charge in [0, 0.05) is 44.4 Å². The van der Waals surface area contributed by atoms with Crippen molar-refractivity contribution in [1.82, 2.24) is 19.6 Å². The molecular formula is C44H57FN8O6. The fraction of sp³-hybridized carbons (Fsp3) is 0.500. The Morgan fingerprint density at radius 3 is 1.78 bits per heavy atom. The second kappa shape index (κ2) is 19.7. The predicted octanol–water partition coefficient (Wildman–Crippen LogP) is 5.98. The molecule has 0 unspecified atom stereocenters. The minimum atomic E-state index is -0.580. The first-order valence-corrected chi connectivity index (χ1v) is 20.1. The van der Waals surface area contributed by atoms with Crippen molar-refractivity contribution in [3.63, 3.8) is 0 Å². The Balaban J connectivity index is 0.000000254. The van der Waals surface area contributed by atoms with Crippen LogP contribution in [0, 0.1) is 41.8 Å². The Hall–Kier alpha value is -5.27. The Labute approximate surface area is 345 Å². The van der Waals surface area contributed by atoms with Gasteiger partial charge in [0.05, 0.1) is 82.8 Å². The molecule has 1 amide bonds. The predicted molar refractivity (Wildman–Crippen MR) is 222 cm³/mol. The lowest BCUT2D eigenvalue weighted by Gasteiger charge is -2.29. The zero-order valence-electron chi connectivity index (χ0n) is 35.1. The van der Waals surface area contributed by atoms with Gasteiger partial charge in [0.15, 0.2) is 11.6 Å². The summed E-state index contributed by atoms with van der Waals surface area (Å²) >= 11 is 0. The number of hydrogen-bond donors (Lipinski definition) is 3. The largest absolute Gasteiger partial charge is 0.384 e. The van der Waals surface area contributed by atoms with Gasteiger partial charge in [-0.05, 0) is 87.2 Å². The zero-order valence-corrected chi connectivity index (χ0v) is 35.1. The number of aryl methyl sites for hydroxylation is 2. The van der Waals surface area contributed by atoms with E-state index in [4.69, 9.17) is 30.9 Å². The fourth-order valence-electron chi connectivity index (χ4n) is 7.58. The van der Waals surface area contributed by atoms with E-state index in [0.717, 1.165) is 42.0 Å². The molecule has 2 aliphatic rings. The number of halogens is 1. The van der Waals surface area contributed by atoms with Crippen molar-refractivity contribution in [2.24, 2.45) is 22.3 Å². The summed E-state index contributed by atoms with van der Waals surface area (Å²) < 4.78 is 33.8. The van der Waals surface area contributed by atoms with E-state index in [-0.39, 0.29) is 28.0 Å². The smallest absolute Gasteiger partial charge is 0.250 e. The highest BCUT2D eigenvalue weighted by Gasteiger charge is 2.37. The highest BCUT2D eigenvalue weighted by atomic mass is 19.1. The molecule has 316 valence electrons. The number of ketones is 2. The zero-order chi connectivity index (χ0) is 42.9. The van der Waals surface area contributed by atoms with Gasteiger partial charge >= 0.3 is 0 Å². The number of amides is 1. The molecule has 0 bridgehead atoms. The van der Waals surface area contributed by atoms with E-state index in [9.17, 15) is 18.8 Å². The van der Waals surface area contributed by atoms with Crippen molar-refractivity contribution in [3.8, 4) is 17.4 Å². The van der Waals surface area contributed by atoms with Crippen LogP contribution in [0.4, 0.5) is 10.1 Å². The molecule has 0 radical (unpaired) electrons. The maximum Gasteiger partial charge on any atom is 0.250 e. The van der Waals surface area contributed by atoms with Crippen LogP contribution in [0.15, 0.2) is 36.4 Å². The molecule has 0 aliphatic heterocycles. The van der Waals surface area contributed by atoms with Crippen LogP contribution in [-0.2, 0) is 27.1 Å². The number of hydrogen-bond acceptors (Lipinski definition) is 11. The maximum absolute atomic E-state index is 13.9. The Bertz CT molecular complexity index is 2200. The number of nitrogens with zero attached hydrogens (tertiary/aromatic N) is 5. The minimum absolute atomic E-state index is 0.00194. The van der Waals surface area contributed by atoms with Crippen LogP contribution in [-0.4, -0.2) is 89.8 Å². The first kappa shape index (κ1) is 44.8. The van der Waals surface area contributed by atoms with E-state index in [1.54, 1.807) is 29.8 Å². The van der Waals surface area contributed by atoms with E-state index < -0.39 is 11.7 Å². The van der Waals surface area contributed by atoms with Gasteiger partial charge in [0.1, 0.15) is 11.9 Å². The Kier molecular flexibility index (Phi) is 14.9. The van der Waals surface area contributed by atoms with E-state index in [1.165, 1.54) is 12.1 Å². The van der Waals surface area contributed by atoms with Crippen molar-refractivity contribution < 1.29 is 33.0 Å². The summed E-state index contributed by atoms with van der Waals surface area (Å²) in [6.45, 7) is 16.5. The van der Waals surface area contributed by atoms with Crippen molar-refractivity contribution in [3.05, 3.63) is 87.2 Å². The van der Waals surface area contributed by atoms with Gasteiger partial charge in [-0.3, -0.25) is 14.4 Å². The summed E-state index contributed by atoms with van der Waals surface area (Å²) in [5.74, 6) is -0.875. The van der Waals surface area contributed by atoms with Crippen LogP contribution in [0.5, 0.6) is 0 Å². The molecule has 2 aromatic heterocycles. The highest BCUT2D eigenvalue weighted by Crippen LogP contribution is 2.38. The molecule has 2 aliphatic carbocycles. The summed E-state index contributed by atoms with van der Waals surface area (Å²) in [5, 5.41) is 21.2. The average molecular weight is 813 g/mol. The number of aromatic nitrogens is 4. The summed E-state index contributed by atoms with van der Waals surface area (Å²) in [4.78, 5) is 37.2. The van der Waals surface area contributed by atoms with Crippen molar-refractivity contribution >= 4 is 23.2 Å². The molecule has 59 heavy (non-hydrogen) atoms. The number of anilines is 1. The molecule has 0 fully saturated rings. The topological polar surface area (TPSA) is 202 Å². The number of primary amides is 1. The average Bonchev–Trinajstić information content (AvgIpc) is 3.67. The summed E-state index contributed by atoms with van der Waals surface area (Å²) in [7, 11) is 0. The Morgan fingerprint density at radius 1 is 0.797 bits per heavy atom. The number of nitrogens with two attached hydrogens (primary N) is 2. The van der Waals surface area contributed by atoms with Gasteiger partial charge in [0.25, 0.3) is 5.91 Å². The second-order valence-electron chi connectivity index (χ2n) is 16.6.